The summed E-state index contributed by atoms with van der Waals surface area (Å²) < 4.78 is 0. The van der Waals surface area contributed by atoms with E-state index in [9.17, 15) is 19.2 Å². The van der Waals surface area contributed by atoms with E-state index >= 15 is 0 Å². The molecular formula is C34H20N2O4. The first-order valence-electron chi connectivity index (χ1n) is 12.8. The molecule has 0 fully saturated rings. The van der Waals surface area contributed by atoms with E-state index in [0.29, 0.717) is 11.4 Å². The highest BCUT2D eigenvalue weighted by molar-refractivity contribution is 6.29. The monoisotopic (exact) mass is 520 g/mol. The molecule has 6 heteroatoms. The van der Waals surface area contributed by atoms with Crippen LogP contribution in [-0.2, 0) is 19.2 Å². The van der Waals surface area contributed by atoms with E-state index in [1.165, 1.54) is 34.1 Å². The third-order valence-corrected chi connectivity index (χ3v) is 7.34. The van der Waals surface area contributed by atoms with Crippen molar-refractivity contribution in [1.82, 2.24) is 0 Å². The van der Waals surface area contributed by atoms with Crippen molar-refractivity contribution in [2.45, 2.75) is 0 Å². The van der Waals surface area contributed by atoms with Crippen molar-refractivity contribution in [2.75, 3.05) is 9.80 Å². The molecule has 0 saturated heterocycles. The summed E-state index contributed by atoms with van der Waals surface area (Å²) in [6.07, 6.45) is 5.12. The fourth-order valence-electron chi connectivity index (χ4n) is 5.66. The molecule has 2 heterocycles. The van der Waals surface area contributed by atoms with Crippen LogP contribution in [0.4, 0.5) is 11.4 Å². The maximum atomic E-state index is 12.4. The molecule has 5 aromatic rings. The molecule has 0 bridgehead atoms. The number of rotatable bonds is 4. The van der Waals surface area contributed by atoms with Crippen LogP contribution in [0.5, 0.6) is 0 Å². The highest BCUT2D eigenvalue weighted by atomic mass is 16.2. The molecule has 4 amide bonds. The summed E-state index contributed by atoms with van der Waals surface area (Å²) in [6, 6.07) is 31.1. The predicted octanol–water partition coefficient (Wildman–Crippen LogP) is 6.19. The molecule has 5 aromatic carbocycles. The van der Waals surface area contributed by atoms with Crippen LogP contribution in [0.1, 0.15) is 0 Å². The van der Waals surface area contributed by atoms with E-state index in [4.69, 9.17) is 0 Å². The quantitative estimate of drug-likeness (QED) is 0.209. The highest BCUT2D eigenvalue weighted by Gasteiger charge is 2.27. The number of anilines is 2. The van der Waals surface area contributed by atoms with Crippen molar-refractivity contribution >= 4 is 56.5 Å². The van der Waals surface area contributed by atoms with Gasteiger partial charge >= 0.3 is 0 Å². The molecule has 0 atom stereocenters. The van der Waals surface area contributed by atoms with Crippen LogP contribution in [0, 0.1) is 0 Å². The zero-order chi connectivity index (χ0) is 27.4. The molecular weight excluding hydrogens is 500 g/mol. The second-order valence-corrected chi connectivity index (χ2v) is 9.63. The Hall–Kier alpha value is -5.62. The number of benzene rings is 5. The summed E-state index contributed by atoms with van der Waals surface area (Å²) in [5, 5.41) is 3.97. The molecule has 6 nitrogen and oxygen atoms in total. The van der Waals surface area contributed by atoms with Crippen LogP contribution in [0.2, 0.25) is 0 Å². The van der Waals surface area contributed by atoms with Gasteiger partial charge in [-0.05, 0) is 68.1 Å². The van der Waals surface area contributed by atoms with E-state index in [1.54, 1.807) is 12.1 Å². The average molecular weight is 521 g/mol. The SMILES string of the molecule is O=C1C=CC(=O)N1c1cccc(-c2c3ccccc3c(-c3cccc(N4C(=O)C=CC4=O)c3)c3ccccc23)c1. The second kappa shape index (κ2) is 8.99. The van der Waals surface area contributed by atoms with E-state index < -0.39 is 0 Å². The van der Waals surface area contributed by atoms with Gasteiger partial charge in [0.15, 0.2) is 0 Å². The highest BCUT2D eigenvalue weighted by Crippen LogP contribution is 2.44. The van der Waals surface area contributed by atoms with Gasteiger partial charge in [-0.25, -0.2) is 9.80 Å². The number of carbonyl (C=O) groups excluding carboxylic acids is 4. The predicted molar refractivity (Wildman–Crippen MR) is 156 cm³/mol. The Morgan fingerprint density at radius 1 is 0.375 bits per heavy atom. The summed E-state index contributed by atoms with van der Waals surface area (Å²) >= 11 is 0. The van der Waals surface area contributed by atoms with Gasteiger partial charge in [-0.3, -0.25) is 19.2 Å². The number of hydrogen-bond acceptors (Lipinski definition) is 4. The normalized spacial score (nSPS) is 14.9. The molecule has 2 aliphatic rings. The van der Waals surface area contributed by atoms with Crippen molar-refractivity contribution in [2.24, 2.45) is 0 Å². The van der Waals surface area contributed by atoms with Crippen molar-refractivity contribution < 1.29 is 19.2 Å². The van der Waals surface area contributed by atoms with Gasteiger partial charge in [-0.2, -0.15) is 0 Å². The van der Waals surface area contributed by atoms with Crippen LogP contribution in [0.3, 0.4) is 0 Å². The number of hydrogen-bond donors (Lipinski definition) is 0. The molecule has 0 radical (unpaired) electrons. The molecule has 0 saturated carbocycles. The van der Waals surface area contributed by atoms with Gasteiger partial charge in [0, 0.05) is 24.3 Å². The average Bonchev–Trinajstić information content (AvgIpc) is 3.50. The van der Waals surface area contributed by atoms with Gasteiger partial charge in [0.2, 0.25) is 0 Å². The van der Waals surface area contributed by atoms with E-state index in [2.05, 4.69) is 24.3 Å². The number of fused-ring (bicyclic) bond motifs is 2. The minimum atomic E-state index is -0.364. The Morgan fingerprint density at radius 3 is 1.02 bits per heavy atom. The van der Waals surface area contributed by atoms with Gasteiger partial charge < -0.3 is 0 Å². The van der Waals surface area contributed by atoms with Crippen LogP contribution < -0.4 is 9.80 Å². The Morgan fingerprint density at radius 2 is 0.700 bits per heavy atom. The summed E-state index contributed by atoms with van der Waals surface area (Å²) in [4.78, 5) is 51.9. The Labute approximate surface area is 229 Å². The molecule has 0 N–H and O–H groups in total. The van der Waals surface area contributed by atoms with Crippen molar-refractivity contribution in [3.8, 4) is 22.3 Å². The molecule has 0 aliphatic carbocycles. The third kappa shape index (κ3) is 3.58. The van der Waals surface area contributed by atoms with Gasteiger partial charge in [0.25, 0.3) is 23.6 Å². The summed E-state index contributed by atoms with van der Waals surface area (Å²) in [6.45, 7) is 0. The molecule has 40 heavy (non-hydrogen) atoms. The van der Waals surface area contributed by atoms with Crippen LogP contribution in [0.25, 0.3) is 43.8 Å². The fraction of sp³-hybridized carbons (Fsp3) is 0. The summed E-state index contributed by atoms with van der Waals surface area (Å²) in [5.74, 6) is -1.45. The standard InChI is InChI=1S/C34H20N2O4/c37-29-15-16-30(38)35(29)23-9-5-7-21(19-23)33-25-11-1-2-12-26(25)34(28-14-4-3-13-27(28)33)22-8-6-10-24(20-22)36-31(39)17-18-32(36)40/h1-20H. The number of amides is 4. The topological polar surface area (TPSA) is 74.8 Å². The van der Waals surface area contributed by atoms with E-state index in [-0.39, 0.29) is 23.6 Å². The smallest absolute Gasteiger partial charge is 0.258 e. The Kier molecular flexibility index (Phi) is 5.28. The summed E-state index contributed by atoms with van der Waals surface area (Å²) in [7, 11) is 0. The first kappa shape index (κ1) is 23.5. The Bertz CT molecular complexity index is 1770. The lowest BCUT2D eigenvalue weighted by Crippen LogP contribution is -2.29. The van der Waals surface area contributed by atoms with Crippen LogP contribution in [-0.4, -0.2) is 23.6 Å². The summed E-state index contributed by atoms with van der Waals surface area (Å²) in [5.41, 5.74) is 4.73. The molecule has 7 rings (SSSR count). The molecule has 2 aliphatic heterocycles. The second-order valence-electron chi connectivity index (χ2n) is 9.63. The lowest BCUT2D eigenvalue weighted by Gasteiger charge is -2.20. The zero-order valence-corrected chi connectivity index (χ0v) is 21.1. The van der Waals surface area contributed by atoms with E-state index in [1.807, 2.05) is 60.7 Å². The third-order valence-electron chi connectivity index (χ3n) is 7.34. The van der Waals surface area contributed by atoms with Crippen molar-refractivity contribution in [1.29, 1.82) is 0 Å². The minimum Gasteiger partial charge on any atom is -0.269 e. The maximum absolute atomic E-state index is 12.4. The van der Waals surface area contributed by atoms with Gasteiger partial charge in [-0.1, -0.05) is 72.8 Å². The van der Waals surface area contributed by atoms with Crippen molar-refractivity contribution in [3.05, 3.63) is 121 Å². The number of carbonyl (C=O) groups is 4. The van der Waals surface area contributed by atoms with E-state index in [0.717, 1.165) is 43.8 Å². The van der Waals surface area contributed by atoms with Crippen LogP contribution in [0.15, 0.2) is 121 Å². The largest absolute Gasteiger partial charge is 0.269 e. The molecule has 190 valence electrons. The van der Waals surface area contributed by atoms with Crippen molar-refractivity contribution in [3.63, 3.8) is 0 Å². The Balaban J connectivity index is 1.48. The van der Waals surface area contributed by atoms with Gasteiger partial charge in [0.05, 0.1) is 11.4 Å². The maximum Gasteiger partial charge on any atom is 0.258 e. The molecule has 0 spiro atoms. The fourth-order valence-corrected chi connectivity index (χ4v) is 5.66. The minimum absolute atomic E-state index is 0.364. The molecule has 0 aromatic heterocycles. The first-order valence-corrected chi connectivity index (χ1v) is 12.8. The van der Waals surface area contributed by atoms with Gasteiger partial charge in [0.1, 0.15) is 0 Å². The zero-order valence-electron chi connectivity index (χ0n) is 21.1. The number of nitrogens with zero attached hydrogens (tertiary/aromatic N) is 2. The lowest BCUT2D eigenvalue weighted by atomic mass is 9.86. The number of imide groups is 2. The first-order chi connectivity index (χ1) is 19.5. The van der Waals surface area contributed by atoms with Crippen LogP contribution >= 0.6 is 0 Å². The lowest BCUT2D eigenvalue weighted by molar-refractivity contribution is -0.121. The molecule has 0 unspecified atom stereocenters. The van der Waals surface area contributed by atoms with Gasteiger partial charge in [-0.15, -0.1) is 0 Å².